The zero-order valence-electron chi connectivity index (χ0n) is 11.1. The van der Waals surface area contributed by atoms with Crippen LogP contribution >= 0.6 is 0 Å². The van der Waals surface area contributed by atoms with Gasteiger partial charge in [-0.15, -0.1) is 0 Å². The monoisotopic (exact) mass is 252 g/mol. The molecule has 0 spiro atoms. The number of carbonyl (C=O) groups excluding carboxylic acids is 1. The molecule has 6 heteroatoms. The second-order valence-corrected chi connectivity index (χ2v) is 4.59. The van der Waals surface area contributed by atoms with Gasteiger partial charge in [0.2, 0.25) is 0 Å². The highest BCUT2D eigenvalue weighted by Crippen LogP contribution is 2.20. The second kappa shape index (κ2) is 4.97. The molecule has 0 radical (unpaired) electrons. The third kappa shape index (κ3) is 2.08. The van der Waals surface area contributed by atoms with E-state index in [0.717, 1.165) is 0 Å². The number of morpholine rings is 1. The van der Waals surface area contributed by atoms with Gasteiger partial charge in [-0.05, 0) is 20.8 Å². The summed E-state index contributed by atoms with van der Waals surface area (Å²) in [6.07, 6.45) is 0. The number of nitrogens with zero attached hydrogens (tertiary/aromatic N) is 3. The molecule has 0 aliphatic carbocycles. The molecule has 0 bridgehead atoms. The van der Waals surface area contributed by atoms with Crippen LogP contribution in [0.25, 0.3) is 0 Å². The Morgan fingerprint density at radius 3 is 2.94 bits per heavy atom. The number of rotatable bonds is 2. The molecular formula is C12H20N4O2. The molecule has 100 valence electrons. The van der Waals surface area contributed by atoms with Crippen LogP contribution in [0.3, 0.4) is 0 Å². The van der Waals surface area contributed by atoms with Gasteiger partial charge < -0.3 is 15.4 Å². The molecule has 6 nitrogen and oxygen atoms in total. The number of anilines is 1. The SMILES string of the molecule is CCn1nc(C)c(N)c1C(=O)N1CCOCC1C. The Bertz CT molecular complexity index is 455. The highest BCUT2D eigenvalue weighted by atomic mass is 16.5. The van der Waals surface area contributed by atoms with Gasteiger partial charge >= 0.3 is 0 Å². The fourth-order valence-corrected chi connectivity index (χ4v) is 2.21. The quantitative estimate of drug-likeness (QED) is 0.839. The van der Waals surface area contributed by atoms with Crippen LogP contribution in [-0.2, 0) is 11.3 Å². The van der Waals surface area contributed by atoms with Gasteiger partial charge in [0, 0.05) is 13.1 Å². The molecule has 2 heterocycles. The standard InChI is InChI=1S/C12H20N4O2/c1-4-16-11(10(13)9(3)14-16)12(17)15-5-6-18-7-8(15)2/h8H,4-7,13H2,1-3H3. The van der Waals surface area contributed by atoms with Gasteiger partial charge in [-0.3, -0.25) is 9.48 Å². The summed E-state index contributed by atoms with van der Waals surface area (Å²) in [7, 11) is 0. The van der Waals surface area contributed by atoms with Crippen LogP contribution in [0.4, 0.5) is 5.69 Å². The van der Waals surface area contributed by atoms with Crippen LogP contribution in [0.2, 0.25) is 0 Å². The Balaban J connectivity index is 2.33. The lowest BCUT2D eigenvalue weighted by atomic mass is 10.2. The lowest BCUT2D eigenvalue weighted by Crippen LogP contribution is -2.47. The summed E-state index contributed by atoms with van der Waals surface area (Å²) in [6.45, 7) is 8.14. The summed E-state index contributed by atoms with van der Waals surface area (Å²) in [5.41, 5.74) is 7.67. The van der Waals surface area contributed by atoms with Crippen molar-refractivity contribution in [1.82, 2.24) is 14.7 Å². The highest BCUT2D eigenvalue weighted by Gasteiger charge is 2.29. The number of amides is 1. The first-order valence-corrected chi connectivity index (χ1v) is 6.27. The number of ether oxygens (including phenoxy) is 1. The molecule has 2 rings (SSSR count). The van der Waals surface area contributed by atoms with Crippen LogP contribution in [0, 0.1) is 6.92 Å². The van der Waals surface area contributed by atoms with Gasteiger partial charge in [-0.25, -0.2) is 0 Å². The van der Waals surface area contributed by atoms with Crippen molar-refractivity contribution in [3.05, 3.63) is 11.4 Å². The lowest BCUT2D eigenvalue weighted by molar-refractivity contribution is 0.00300. The van der Waals surface area contributed by atoms with Crippen molar-refractivity contribution in [2.75, 3.05) is 25.5 Å². The van der Waals surface area contributed by atoms with E-state index in [1.165, 1.54) is 0 Å². The number of aromatic nitrogens is 2. The van der Waals surface area contributed by atoms with E-state index in [-0.39, 0.29) is 11.9 Å². The molecule has 0 aromatic carbocycles. The molecule has 1 unspecified atom stereocenters. The number of aryl methyl sites for hydroxylation is 2. The first-order valence-electron chi connectivity index (χ1n) is 6.27. The van der Waals surface area contributed by atoms with Gasteiger partial charge in [0.05, 0.1) is 30.6 Å². The van der Waals surface area contributed by atoms with E-state index in [0.29, 0.717) is 43.4 Å². The normalized spacial score (nSPS) is 20.2. The van der Waals surface area contributed by atoms with Crippen molar-refractivity contribution >= 4 is 11.6 Å². The van der Waals surface area contributed by atoms with Crippen LogP contribution in [-0.4, -0.2) is 46.4 Å². The van der Waals surface area contributed by atoms with E-state index in [9.17, 15) is 4.79 Å². The van der Waals surface area contributed by atoms with Gasteiger partial charge in [0.1, 0.15) is 5.69 Å². The van der Waals surface area contributed by atoms with Crippen LogP contribution in [0.5, 0.6) is 0 Å². The molecule has 1 fully saturated rings. The molecular weight excluding hydrogens is 232 g/mol. The number of hydrogen-bond acceptors (Lipinski definition) is 4. The van der Waals surface area contributed by atoms with Crippen molar-refractivity contribution < 1.29 is 9.53 Å². The number of nitrogens with two attached hydrogens (primary N) is 1. The Labute approximate surface area is 107 Å². The van der Waals surface area contributed by atoms with E-state index in [2.05, 4.69) is 5.10 Å². The largest absolute Gasteiger partial charge is 0.395 e. The fourth-order valence-electron chi connectivity index (χ4n) is 2.21. The van der Waals surface area contributed by atoms with Crippen molar-refractivity contribution in [2.24, 2.45) is 0 Å². The molecule has 2 N–H and O–H groups in total. The first kappa shape index (κ1) is 12.9. The summed E-state index contributed by atoms with van der Waals surface area (Å²) in [6, 6.07) is 0.0752. The van der Waals surface area contributed by atoms with Gasteiger partial charge in [0.25, 0.3) is 5.91 Å². The number of carbonyl (C=O) groups is 1. The molecule has 1 saturated heterocycles. The molecule has 18 heavy (non-hydrogen) atoms. The Hall–Kier alpha value is -1.56. The average molecular weight is 252 g/mol. The predicted molar refractivity (Wildman–Crippen MR) is 68.4 cm³/mol. The van der Waals surface area contributed by atoms with E-state index in [4.69, 9.17) is 10.5 Å². The molecule has 1 aromatic heterocycles. The maximum Gasteiger partial charge on any atom is 0.274 e. The summed E-state index contributed by atoms with van der Waals surface area (Å²) in [5, 5.41) is 4.28. The predicted octanol–water partition coefficient (Wildman–Crippen LogP) is 0.655. The van der Waals surface area contributed by atoms with Crippen molar-refractivity contribution in [2.45, 2.75) is 33.4 Å². The minimum Gasteiger partial charge on any atom is -0.395 e. The molecule has 0 saturated carbocycles. The summed E-state index contributed by atoms with van der Waals surface area (Å²) >= 11 is 0. The third-order valence-corrected chi connectivity index (χ3v) is 3.30. The molecule has 1 aliphatic heterocycles. The minimum atomic E-state index is -0.0502. The fraction of sp³-hybridized carbons (Fsp3) is 0.667. The van der Waals surface area contributed by atoms with Crippen molar-refractivity contribution in [3.8, 4) is 0 Å². The lowest BCUT2D eigenvalue weighted by Gasteiger charge is -2.33. The van der Waals surface area contributed by atoms with Crippen molar-refractivity contribution in [1.29, 1.82) is 0 Å². The third-order valence-electron chi connectivity index (χ3n) is 3.30. The van der Waals surface area contributed by atoms with Crippen molar-refractivity contribution in [3.63, 3.8) is 0 Å². The second-order valence-electron chi connectivity index (χ2n) is 4.59. The summed E-state index contributed by atoms with van der Waals surface area (Å²) in [5.74, 6) is -0.0502. The Morgan fingerprint density at radius 2 is 2.33 bits per heavy atom. The minimum absolute atomic E-state index is 0.0502. The van der Waals surface area contributed by atoms with E-state index in [1.54, 1.807) is 4.68 Å². The summed E-state index contributed by atoms with van der Waals surface area (Å²) < 4.78 is 7.02. The molecule has 1 aliphatic rings. The average Bonchev–Trinajstić information content (AvgIpc) is 2.65. The Morgan fingerprint density at radius 1 is 1.61 bits per heavy atom. The molecule has 1 aromatic rings. The topological polar surface area (TPSA) is 73.4 Å². The zero-order chi connectivity index (χ0) is 13.3. The van der Waals surface area contributed by atoms with Gasteiger partial charge in [-0.1, -0.05) is 0 Å². The van der Waals surface area contributed by atoms with E-state index >= 15 is 0 Å². The van der Waals surface area contributed by atoms with Crippen LogP contribution < -0.4 is 5.73 Å². The number of nitrogen functional groups attached to an aromatic ring is 1. The molecule has 1 amide bonds. The molecule has 1 atom stereocenters. The van der Waals surface area contributed by atoms with Gasteiger partial charge in [-0.2, -0.15) is 5.10 Å². The zero-order valence-corrected chi connectivity index (χ0v) is 11.1. The highest BCUT2D eigenvalue weighted by molar-refractivity contribution is 5.98. The maximum absolute atomic E-state index is 12.6. The van der Waals surface area contributed by atoms with E-state index < -0.39 is 0 Å². The van der Waals surface area contributed by atoms with E-state index in [1.807, 2.05) is 25.7 Å². The Kier molecular flexibility index (Phi) is 3.56. The first-order chi connectivity index (χ1) is 8.56. The van der Waals surface area contributed by atoms with Gasteiger partial charge in [0.15, 0.2) is 0 Å². The van der Waals surface area contributed by atoms with Crippen LogP contribution in [0.15, 0.2) is 0 Å². The summed E-state index contributed by atoms with van der Waals surface area (Å²) in [4.78, 5) is 14.4. The number of hydrogen-bond donors (Lipinski definition) is 1. The smallest absolute Gasteiger partial charge is 0.274 e. The van der Waals surface area contributed by atoms with Crippen LogP contribution in [0.1, 0.15) is 30.0 Å². The maximum atomic E-state index is 12.6.